The van der Waals surface area contributed by atoms with E-state index in [2.05, 4.69) is 20.7 Å². The molecule has 2 aromatic rings. The highest BCUT2D eigenvalue weighted by molar-refractivity contribution is 7.89. The molecule has 2 heterocycles. The zero-order valence-corrected chi connectivity index (χ0v) is 26.0. The molecule has 246 valence electrons. The number of hydrogen-bond acceptors (Lipinski definition) is 10. The minimum Gasteiger partial charge on any atom is -0.443 e. The number of alkyl carbamates (subject to hydrolysis) is 1. The van der Waals surface area contributed by atoms with Crippen LogP contribution < -0.4 is 20.7 Å². The van der Waals surface area contributed by atoms with Gasteiger partial charge in [-0.15, -0.1) is 0 Å². The first kappa shape index (κ1) is 33.1. The molecule has 0 bridgehead atoms. The van der Waals surface area contributed by atoms with E-state index in [1.807, 2.05) is 30.3 Å². The monoisotopic (exact) mass is 646 g/mol. The summed E-state index contributed by atoms with van der Waals surface area (Å²) in [5.41, 5.74) is 1.24. The van der Waals surface area contributed by atoms with Crippen LogP contribution in [0.1, 0.15) is 37.7 Å². The molecule has 0 radical (unpaired) electrons. The summed E-state index contributed by atoms with van der Waals surface area (Å²) in [6, 6.07) is 14.3. The lowest BCUT2D eigenvalue weighted by molar-refractivity contribution is -0.118. The van der Waals surface area contributed by atoms with Gasteiger partial charge in [0.25, 0.3) is 0 Å². The molecule has 5 rings (SSSR count). The number of likely N-dealkylation sites (N-methyl/N-ethyl adjacent to an activating group) is 1. The SMILES string of the molecule is CNC(=O)CNc1cccc(S(=O)(=O)NC(OC2CCCC2)[C@H](O)[C@H](Cc2ccccc2)NC(=O)O[C@H]2CO[C@H]3OCC[C@H]32)c1. The van der Waals surface area contributed by atoms with Crippen molar-refractivity contribution in [1.29, 1.82) is 0 Å². The highest BCUT2D eigenvalue weighted by atomic mass is 32.2. The van der Waals surface area contributed by atoms with E-state index in [1.54, 1.807) is 12.1 Å². The van der Waals surface area contributed by atoms with Crippen molar-refractivity contribution in [3.05, 3.63) is 60.2 Å². The van der Waals surface area contributed by atoms with Crippen molar-refractivity contribution in [1.82, 2.24) is 15.4 Å². The second-order valence-electron chi connectivity index (χ2n) is 11.5. The van der Waals surface area contributed by atoms with Gasteiger partial charge in [-0.1, -0.05) is 49.2 Å². The van der Waals surface area contributed by atoms with Crippen LogP contribution in [-0.2, 0) is 40.2 Å². The van der Waals surface area contributed by atoms with E-state index >= 15 is 0 Å². The highest BCUT2D eigenvalue weighted by Crippen LogP contribution is 2.33. The average Bonchev–Trinajstić information content (AvgIpc) is 3.80. The zero-order chi connectivity index (χ0) is 31.8. The molecule has 6 atom stereocenters. The Labute approximate surface area is 263 Å². The summed E-state index contributed by atoms with van der Waals surface area (Å²) in [6.07, 6.45) is -0.644. The van der Waals surface area contributed by atoms with Gasteiger partial charge in [0, 0.05) is 12.7 Å². The molecule has 45 heavy (non-hydrogen) atoms. The lowest BCUT2D eigenvalue weighted by Gasteiger charge is -2.33. The maximum absolute atomic E-state index is 13.7. The van der Waals surface area contributed by atoms with Crippen LogP contribution in [-0.4, -0.2) is 89.2 Å². The van der Waals surface area contributed by atoms with Crippen LogP contribution >= 0.6 is 0 Å². The van der Waals surface area contributed by atoms with Gasteiger partial charge in [0.05, 0.1) is 42.7 Å². The Morgan fingerprint density at radius 2 is 1.82 bits per heavy atom. The van der Waals surface area contributed by atoms with Gasteiger partial charge in [-0.3, -0.25) is 4.79 Å². The van der Waals surface area contributed by atoms with E-state index < -0.39 is 46.9 Å². The van der Waals surface area contributed by atoms with Gasteiger partial charge < -0.3 is 40.0 Å². The number of amides is 2. The first-order chi connectivity index (χ1) is 21.7. The van der Waals surface area contributed by atoms with Crippen molar-refractivity contribution in [2.45, 2.75) is 80.3 Å². The Bertz CT molecular complexity index is 1390. The third kappa shape index (κ3) is 8.93. The Morgan fingerprint density at radius 1 is 1.04 bits per heavy atom. The summed E-state index contributed by atoms with van der Waals surface area (Å²) in [7, 11) is -2.72. The molecule has 14 heteroatoms. The lowest BCUT2D eigenvalue weighted by atomic mass is 10.00. The van der Waals surface area contributed by atoms with Crippen molar-refractivity contribution in [2.24, 2.45) is 5.92 Å². The second kappa shape index (κ2) is 15.3. The maximum Gasteiger partial charge on any atom is 0.407 e. The molecule has 1 unspecified atom stereocenters. The predicted molar refractivity (Wildman–Crippen MR) is 164 cm³/mol. The van der Waals surface area contributed by atoms with Gasteiger partial charge in [0.2, 0.25) is 15.9 Å². The molecule has 2 aromatic carbocycles. The number of fused-ring (bicyclic) bond motifs is 1. The lowest BCUT2D eigenvalue weighted by Crippen LogP contribution is -2.57. The van der Waals surface area contributed by atoms with Crippen LogP contribution in [0.5, 0.6) is 0 Å². The normalized spacial score (nSPS) is 23.6. The van der Waals surface area contributed by atoms with Crippen molar-refractivity contribution in [3.8, 4) is 0 Å². The zero-order valence-electron chi connectivity index (χ0n) is 25.2. The van der Waals surface area contributed by atoms with Crippen LogP contribution in [0.4, 0.5) is 10.5 Å². The quantitative estimate of drug-likeness (QED) is 0.191. The van der Waals surface area contributed by atoms with Crippen LogP contribution in [0, 0.1) is 5.92 Å². The van der Waals surface area contributed by atoms with Crippen molar-refractivity contribution in [3.63, 3.8) is 0 Å². The topological polar surface area (TPSA) is 174 Å². The number of anilines is 1. The average molecular weight is 647 g/mol. The van der Waals surface area contributed by atoms with Gasteiger partial charge in [-0.05, 0) is 49.4 Å². The Kier molecular flexibility index (Phi) is 11.3. The van der Waals surface area contributed by atoms with Crippen LogP contribution in [0.2, 0.25) is 0 Å². The van der Waals surface area contributed by atoms with E-state index in [0.717, 1.165) is 31.2 Å². The van der Waals surface area contributed by atoms with Gasteiger partial charge >= 0.3 is 6.09 Å². The summed E-state index contributed by atoms with van der Waals surface area (Å²) in [5.74, 6) is -0.331. The third-order valence-corrected chi connectivity index (χ3v) is 9.77. The molecule has 1 saturated carbocycles. The molecule has 2 amide bonds. The first-order valence-electron chi connectivity index (χ1n) is 15.4. The van der Waals surface area contributed by atoms with E-state index in [1.165, 1.54) is 19.2 Å². The number of ether oxygens (including phenoxy) is 4. The summed E-state index contributed by atoms with van der Waals surface area (Å²) >= 11 is 0. The Hall–Kier alpha value is -3.27. The predicted octanol–water partition coefficient (Wildman–Crippen LogP) is 1.87. The number of benzene rings is 2. The smallest absolute Gasteiger partial charge is 0.407 e. The molecule has 0 aromatic heterocycles. The van der Waals surface area contributed by atoms with E-state index in [9.17, 15) is 23.1 Å². The van der Waals surface area contributed by atoms with Crippen molar-refractivity contribution < 1.29 is 42.1 Å². The molecule has 2 saturated heterocycles. The van der Waals surface area contributed by atoms with E-state index in [4.69, 9.17) is 18.9 Å². The minimum absolute atomic E-state index is 0.0378. The first-order valence-corrected chi connectivity index (χ1v) is 16.8. The van der Waals surface area contributed by atoms with Crippen LogP contribution in [0.3, 0.4) is 0 Å². The maximum atomic E-state index is 13.7. The fourth-order valence-electron chi connectivity index (χ4n) is 5.88. The van der Waals surface area contributed by atoms with Gasteiger partial charge in [0.1, 0.15) is 18.4 Å². The Morgan fingerprint density at radius 3 is 2.58 bits per heavy atom. The van der Waals surface area contributed by atoms with Gasteiger partial charge in [-0.25, -0.2) is 13.2 Å². The van der Waals surface area contributed by atoms with E-state index in [0.29, 0.717) is 18.7 Å². The number of nitrogens with one attached hydrogen (secondary N) is 4. The van der Waals surface area contributed by atoms with Crippen LogP contribution in [0.25, 0.3) is 0 Å². The van der Waals surface area contributed by atoms with Gasteiger partial charge in [0.15, 0.2) is 6.29 Å². The number of carbonyl (C=O) groups excluding carboxylic acids is 2. The highest BCUT2D eigenvalue weighted by Gasteiger charge is 2.44. The molecule has 2 aliphatic heterocycles. The Balaban J connectivity index is 1.35. The molecule has 13 nitrogen and oxygen atoms in total. The molecular weight excluding hydrogens is 604 g/mol. The number of aliphatic hydroxyl groups excluding tert-OH is 1. The second-order valence-corrected chi connectivity index (χ2v) is 13.3. The van der Waals surface area contributed by atoms with Crippen LogP contribution in [0.15, 0.2) is 59.5 Å². The number of hydrogen-bond donors (Lipinski definition) is 5. The number of rotatable bonds is 14. The fraction of sp³-hybridized carbons (Fsp3) is 0.548. The summed E-state index contributed by atoms with van der Waals surface area (Å²) in [5, 5.41) is 19.9. The molecule has 5 N–H and O–H groups in total. The largest absolute Gasteiger partial charge is 0.443 e. The summed E-state index contributed by atoms with van der Waals surface area (Å²) in [4.78, 5) is 24.8. The summed E-state index contributed by atoms with van der Waals surface area (Å²) in [6.45, 7) is 0.697. The number of sulfonamides is 1. The molecular formula is C31H42N4O9S. The number of carbonyl (C=O) groups is 2. The van der Waals surface area contributed by atoms with Gasteiger partial charge in [-0.2, -0.15) is 4.72 Å². The number of aliphatic hydroxyl groups is 1. The summed E-state index contributed by atoms with van der Waals surface area (Å²) < 4.78 is 52.9. The minimum atomic E-state index is -4.23. The third-order valence-electron chi connectivity index (χ3n) is 8.36. The molecule has 3 fully saturated rings. The van der Waals surface area contributed by atoms with Crippen molar-refractivity contribution >= 4 is 27.7 Å². The molecule has 1 aliphatic carbocycles. The van der Waals surface area contributed by atoms with Crippen molar-refractivity contribution in [2.75, 3.05) is 32.1 Å². The molecule has 3 aliphatic rings. The standard InChI is InChI=1S/C31H42N4O9S/c1-32-27(36)18-33-21-10-7-13-23(17-21)45(39,40)35-29(43-22-11-5-6-12-22)28(37)25(16-20-8-3-2-4-9-20)34-31(38)44-26-19-42-30-24(26)14-15-41-30/h2-4,7-10,13,17,22,24-26,28-30,33,35,37H,5-6,11-12,14-16,18-19H2,1H3,(H,32,36)(H,34,38)/t24-,25-,26-,28+,29?,30+/m0/s1. The van der Waals surface area contributed by atoms with E-state index in [-0.39, 0.29) is 42.4 Å². The fourth-order valence-corrected chi connectivity index (χ4v) is 7.06. The molecule has 0 spiro atoms.